The van der Waals surface area contributed by atoms with E-state index in [0.29, 0.717) is 21.8 Å². The van der Waals surface area contributed by atoms with Gasteiger partial charge in [0.1, 0.15) is 9.71 Å². The van der Waals surface area contributed by atoms with E-state index in [4.69, 9.17) is 10.8 Å². The number of aliphatic hydroxyl groups is 1. The van der Waals surface area contributed by atoms with E-state index in [0.717, 1.165) is 23.1 Å². The Morgan fingerprint density at radius 2 is 2.14 bits per heavy atom. The van der Waals surface area contributed by atoms with Crippen LogP contribution in [0.5, 0.6) is 0 Å². The van der Waals surface area contributed by atoms with Gasteiger partial charge in [-0.25, -0.2) is 0 Å². The fourth-order valence-electron chi connectivity index (χ4n) is 2.17. The normalized spacial score (nSPS) is 12.6. The molecule has 0 radical (unpaired) electrons. The van der Waals surface area contributed by atoms with Gasteiger partial charge >= 0.3 is 0 Å². The lowest BCUT2D eigenvalue weighted by Crippen LogP contribution is -2.32. The van der Waals surface area contributed by atoms with Crippen LogP contribution in [-0.2, 0) is 0 Å². The van der Waals surface area contributed by atoms with Gasteiger partial charge in [-0.15, -0.1) is 16.4 Å². The summed E-state index contributed by atoms with van der Waals surface area (Å²) in [6, 6.07) is -0.0109. The quantitative estimate of drug-likeness (QED) is 0.781. The lowest BCUT2D eigenvalue weighted by atomic mass is 10.1. The average Bonchev–Trinajstić information content (AvgIpc) is 2.78. The molecular formula is C14H20N4O2S. The van der Waals surface area contributed by atoms with Gasteiger partial charge in [0.05, 0.1) is 11.4 Å². The first-order chi connectivity index (χ1) is 9.95. The van der Waals surface area contributed by atoms with Crippen LogP contribution >= 0.6 is 11.3 Å². The molecule has 0 aliphatic heterocycles. The van der Waals surface area contributed by atoms with Crippen molar-refractivity contribution >= 4 is 33.1 Å². The Morgan fingerprint density at radius 1 is 1.43 bits per heavy atom. The van der Waals surface area contributed by atoms with Gasteiger partial charge in [0, 0.05) is 18.0 Å². The highest BCUT2D eigenvalue weighted by Crippen LogP contribution is 2.34. The molecular weight excluding hydrogens is 288 g/mol. The molecule has 2 aromatic rings. The number of carbonyl (C=O) groups is 1. The van der Waals surface area contributed by atoms with Crippen LogP contribution in [0.25, 0.3) is 10.2 Å². The molecule has 21 heavy (non-hydrogen) atoms. The highest BCUT2D eigenvalue weighted by Gasteiger charge is 2.20. The molecule has 2 heterocycles. The van der Waals surface area contributed by atoms with Gasteiger partial charge in [0.15, 0.2) is 0 Å². The minimum absolute atomic E-state index is 0.0109. The third-order valence-electron chi connectivity index (χ3n) is 3.51. The maximum Gasteiger partial charge on any atom is 0.263 e. The fraction of sp³-hybridized carbons (Fsp3) is 0.500. The van der Waals surface area contributed by atoms with E-state index in [2.05, 4.69) is 15.5 Å². The molecule has 0 aromatic carbocycles. The summed E-state index contributed by atoms with van der Waals surface area (Å²) in [6.07, 6.45) is 1.39. The molecule has 0 bridgehead atoms. The number of aromatic nitrogens is 2. The van der Waals surface area contributed by atoms with Crippen molar-refractivity contribution in [3.63, 3.8) is 0 Å². The number of amides is 1. The summed E-state index contributed by atoms with van der Waals surface area (Å²) in [7, 11) is 0. The highest BCUT2D eigenvalue weighted by atomic mass is 32.1. The van der Waals surface area contributed by atoms with Gasteiger partial charge in [0.25, 0.3) is 5.91 Å². The average molecular weight is 308 g/mol. The van der Waals surface area contributed by atoms with E-state index >= 15 is 0 Å². The molecule has 0 fully saturated rings. The van der Waals surface area contributed by atoms with Crippen LogP contribution in [0, 0.1) is 13.8 Å². The number of hydrogen-bond acceptors (Lipinski definition) is 6. The molecule has 2 aromatic heterocycles. The predicted octanol–water partition coefficient (Wildman–Crippen LogP) is 1.78. The van der Waals surface area contributed by atoms with Crippen LogP contribution in [0.1, 0.15) is 40.7 Å². The SMILES string of the molecule is Cc1nnc2sc(C(=O)NC(C)CCCO)c(N)c2c1C. The number of nitrogens with two attached hydrogens (primary N) is 1. The molecule has 1 unspecified atom stereocenters. The van der Waals surface area contributed by atoms with E-state index in [1.54, 1.807) is 0 Å². The minimum atomic E-state index is -0.196. The van der Waals surface area contributed by atoms with Crippen LogP contribution < -0.4 is 11.1 Å². The Labute approximate surface area is 127 Å². The van der Waals surface area contributed by atoms with Crippen LogP contribution in [0.2, 0.25) is 0 Å². The summed E-state index contributed by atoms with van der Waals surface area (Å²) in [5.41, 5.74) is 8.37. The maximum atomic E-state index is 12.3. The second-order valence-electron chi connectivity index (χ2n) is 5.18. The largest absolute Gasteiger partial charge is 0.397 e. The van der Waals surface area contributed by atoms with E-state index < -0.39 is 0 Å². The summed E-state index contributed by atoms with van der Waals surface area (Å²) in [5, 5.41) is 20.7. The Kier molecular flexibility index (Phi) is 4.74. The first-order valence-corrected chi connectivity index (χ1v) is 7.71. The summed E-state index contributed by atoms with van der Waals surface area (Å²) >= 11 is 1.26. The number of nitrogen functional groups attached to an aromatic ring is 1. The van der Waals surface area contributed by atoms with Crippen molar-refractivity contribution < 1.29 is 9.90 Å². The molecule has 0 saturated heterocycles. The third kappa shape index (κ3) is 3.14. The van der Waals surface area contributed by atoms with Crippen molar-refractivity contribution in [1.29, 1.82) is 0 Å². The van der Waals surface area contributed by atoms with E-state index in [1.165, 1.54) is 11.3 Å². The van der Waals surface area contributed by atoms with Crippen molar-refractivity contribution in [3.05, 3.63) is 16.1 Å². The van der Waals surface area contributed by atoms with Crippen LogP contribution in [-0.4, -0.2) is 33.9 Å². The number of thiophene rings is 1. The summed E-state index contributed by atoms with van der Waals surface area (Å²) in [6.45, 7) is 5.84. The predicted molar refractivity (Wildman–Crippen MR) is 84.5 cm³/mol. The zero-order valence-corrected chi connectivity index (χ0v) is 13.3. The van der Waals surface area contributed by atoms with Crippen molar-refractivity contribution in [1.82, 2.24) is 15.5 Å². The van der Waals surface area contributed by atoms with Crippen LogP contribution in [0.3, 0.4) is 0 Å². The lowest BCUT2D eigenvalue weighted by molar-refractivity contribution is 0.0941. The lowest BCUT2D eigenvalue weighted by Gasteiger charge is -2.12. The van der Waals surface area contributed by atoms with Gasteiger partial charge in [-0.2, -0.15) is 5.10 Å². The maximum absolute atomic E-state index is 12.3. The number of aryl methyl sites for hydroxylation is 2. The molecule has 6 nitrogen and oxygen atoms in total. The third-order valence-corrected chi connectivity index (χ3v) is 4.60. The van der Waals surface area contributed by atoms with E-state index in [-0.39, 0.29) is 18.6 Å². The summed E-state index contributed by atoms with van der Waals surface area (Å²) in [4.78, 5) is 13.5. The molecule has 0 spiro atoms. The monoisotopic (exact) mass is 308 g/mol. The Balaban J connectivity index is 2.28. The molecule has 7 heteroatoms. The van der Waals surface area contributed by atoms with Crippen molar-refractivity contribution in [3.8, 4) is 0 Å². The van der Waals surface area contributed by atoms with Gasteiger partial charge < -0.3 is 16.2 Å². The minimum Gasteiger partial charge on any atom is -0.397 e. The Morgan fingerprint density at radius 3 is 2.81 bits per heavy atom. The highest BCUT2D eigenvalue weighted by molar-refractivity contribution is 7.21. The smallest absolute Gasteiger partial charge is 0.263 e. The number of carbonyl (C=O) groups excluding carboxylic acids is 1. The standard InChI is InChI=1S/C14H20N4O2S/c1-7(5-4-6-19)16-13(20)12-11(15)10-8(2)9(3)17-18-14(10)21-12/h7,19H,4-6,15H2,1-3H3,(H,16,20). The topological polar surface area (TPSA) is 101 Å². The molecule has 0 saturated carbocycles. The number of hydrogen-bond donors (Lipinski definition) is 3. The van der Waals surface area contributed by atoms with Gasteiger partial charge in [0.2, 0.25) is 0 Å². The molecule has 1 amide bonds. The zero-order valence-electron chi connectivity index (χ0n) is 12.4. The fourth-order valence-corrected chi connectivity index (χ4v) is 3.17. The molecule has 4 N–H and O–H groups in total. The van der Waals surface area contributed by atoms with Crippen molar-refractivity contribution in [2.45, 2.75) is 39.7 Å². The first kappa shape index (κ1) is 15.7. The van der Waals surface area contributed by atoms with Crippen LogP contribution in [0.4, 0.5) is 5.69 Å². The van der Waals surface area contributed by atoms with Crippen LogP contribution in [0.15, 0.2) is 0 Å². The molecule has 2 rings (SSSR count). The molecule has 0 aliphatic rings. The number of nitrogens with zero attached hydrogens (tertiary/aromatic N) is 2. The first-order valence-electron chi connectivity index (χ1n) is 6.89. The number of rotatable bonds is 5. The second kappa shape index (κ2) is 6.36. The molecule has 1 atom stereocenters. The number of nitrogens with one attached hydrogen (secondary N) is 1. The summed E-state index contributed by atoms with van der Waals surface area (Å²) < 4.78 is 0. The van der Waals surface area contributed by atoms with Gasteiger partial charge in [-0.05, 0) is 39.2 Å². The molecule has 0 aliphatic carbocycles. The van der Waals surface area contributed by atoms with E-state index in [9.17, 15) is 4.79 Å². The Hall–Kier alpha value is -1.73. The molecule has 114 valence electrons. The van der Waals surface area contributed by atoms with E-state index in [1.807, 2.05) is 20.8 Å². The number of fused-ring (bicyclic) bond motifs is 1. The van der Waals surface area contributed by atoms with Gasteiger partial charge in [-0.3, -0.25) is 4.79 Å². The second-order valence-corrected chi connectivity index (χ2v) is 6.17. The van der Waals surface area contributed by atoms with Gasteiger partial charge in [-0.1, -0.05) is 0 Å². The van der Waals surface area contributed by atoms with Crippen molar-refractivity contribution in [2.24, 2.45) is 0 Å². The zero-order chi connectivity index (χ0) is 15.6. The van der Waals surface area contributed by atoms with Crippen molar-refractivity contribution in [2.75, 3.05) is 12.3 Å². The number of aliphatic hydroxyl groups excluding tert-OH is 1. The number of anilines is 1. The summed E-state index contributed by atoms with van der Waals surface area (Å²) in [5.74, 6) is -0.196. The Bertz CT molecular complexity index is 669.